The largest absolute Gasteiger partial charge is 0.493 e. The van der Waals surface area contributed by atoms with Crippen molar-refractivity contribution in [3.63, 3.8) is 0 Å². The van der Waals surface area contributed by atoms with Gasteiger partial charge in [0.15, 0.2) is 23.0 Å². The summed E-state index contributed by atoms with van der Waals surface area (Å²) in [7, 11) is 6.39. The molecule has 0 radical (unpaired) electrons. The quantitative estimate of drug-likeness (QED) is 0.406. The number of benzene rings is 2. The Morgan fingerprint density at radius 1 is 0.941 bits per heavy atom. The fourth-order valence-electron chi connectivity index (χ4n) is 4.39. The van der Waals surface area contributed by atoms with Crippen LogP contribution in [0.4, 0.5) is 0 Å². The maximum absolute atomic E-state index is 11.3. The molecule has 2 rings (SSSR count). The lowest BCUT2D eigenvalue weighted by Gasteiger charge is -2.32. The van der Waals surface area contributed by atoms with E-state index in [9.17, 15) is 10.1 Å². The first-order valence-corrected chi connectivity index (χ1v) is 11.4. The van der Waals surface area contributed by atoms with Gasteiger partial charge >= 0.3 is 0 Å². The van der Waals surface area contributed by atoms with Gasteiger partial charge in [-0.2, -0.15) is 5.26 Å². The van der Waals surface area contributed by atoms with Gasteiger partial charge < -0.3 is 24.3 Å². The molecule has 2 aromatic carbocycles. The number of ether oxygens (including phenoxy) is 4. The van der Waals surface area contributed by atoms with Crippen LogP contribution in [0.3, 0.4) is 0 Å². The highest BCUT2D eigenvalue weighted by molar-refractivity contribution is 5.48. The summed E-state index contributed by atoms with van der Waals surface area (Å²) in [5, 5.41) is 13.2. The summed E-state index contributed by atoms with van der Waals surface area (Å²) in [6.07, 6.45) is 3.53. The second kappa shape index (κ2) is 12.7. The fraction of sp³-hybridized carbons (Fsp3) is 0.481. The van der Waals surface area contributed by atoms with Crippen molar-refractivity contribution >= 4 is 6.41 Å². The van der Waals surface area contributed by atoms with Gasteiger partial charge in [-0.15, -0.1) is 0 Å². The number of methoxy groups -OCH3 is 4. The number of amides is 1. The monoisotopic (exact) mass is 468 g/mol. The molecule has 1 amide bonds. The van der Waals surface area contributed by atoms with Crippen LogP contribution in [0.5, 0.6) is 23.0 Å². The summed E-state index contributed by atoms with van der Waals surface area (Å²) < 4.78 is 21.5. The van der Waals surface area contributed by atoms with Crippen molar-refractivity contribution in [3.05, 3.63) is 47.5 Å². The number of nitrogens with one attached hydrogen (secondary N) is 1. The van der Waals surface area contributed by atoms with Crippen molar-refractivity contribution in [1.82, 2.24) is 5.32 Å². The Labute approximate surface area is 203 Å². The Morgan fingerprint density at radius 3 is 2.06 bits per heavy atom. The van der Waals surface area contributed by atoms with Crippen LogP contribution in [0.1, 0.15) is 44.2 Å². The summed E-state index contributed by atoms with van der Waals surface area (Å²) in [5.41, 5.74) is 1.25. The summed E-state index contributed by atoms with van der Waals surface area (Å²) in [4.78, 5) is 11.3. The highest BCUT2D eigenvalue weighted by Gasteiger charge is 2.36. The molecule has 0 heterocycles. The van der Waals surface area contributed by atoms with Crippen molar-refractivity contribution in [2.24, 2.45) is 5.92 Å². The zero-order chi connectivity index (χ0) is 25.1. The Kier molecular flexibility index (Phi) is 10.1. The average Bonchev–Trinajstić information content (AvgIpc) is 2.86. The zero-order valence-corrected chi connectivity index (χ0v) is 21.0. The van der Waals surface area contributed by atoms with Crippen LogP contribution in [0.2, 0.25) is 0 Å². The lowest BCUT2D eigenvalue weighted by atomic mass is 9.69. The molecule has 2 aromatic rings. The van der Waals surface area contributed by atoms with E-state index in [1.807, 2.05) is 36.4 Å². The van der Waals surface area contributed by atoms with Crippen LogP contribution in [-0.2, 0) is 16.6 Å². The normalized spacial score (nSPS) is 13.4. The molecule has 2 unspecified atom stereocenters. The number of hydrogen-bond acceptors (Lipinski definition) is 6. The fourth-order valence-corrected chi connectivity index (χ4v) is 4.39. The molecule has 0 aromatic heterocycles. The predicted octanol–water partition coefficient (Wildman–Crippen LogP) is 4.67. The van der Waals surface area contributed by atoms with E-state index in [0.717, 1.165) is 30.4 Å². The number of nitriles is 1. The third kappa shape index (κ3) is 6.13. The third-order valence-corrected chi connectivity index (χ3v) is 6.44. The average molecular weight is 469 g/mol. The lowest BCUT2D eigenvalue weighted by molar-refractivity contribution is -0.110. The first-order valence-electron chi connectivity index (χ1n) is 11.4. The van der Waals surface area contributed by atoms with Gasteiger partial charge in [-0.05, 0) is 67.0 Å². The Hall–Kier alpha value is -3.40. The van der Waals surface area contributed by atoms with Gasteiger partial charge in [0.05, 0.1) is 39.9 Å². The Bertz CT molecular complexity index is 985. The SMILES string of the molecule is COc1ccc(CC(CCCC(C#N)(c2ccc(OC)c(OC)c2)C(C)C)NC=O)cc1OC. The van der Waals surface area contributed by atoms with Crippen molar-refractivity contribution in [2.75, 3.05) is 28.4 Å². The van der Waals surface area contributed by atoms with Gasteiger partial charge in [-0.25, -0.2) is 0 Å². The topological polar surface area (TPSA) is 89.8 Å². The molecule has 34 heavy (non-hydrogen) atoms. The summed E-state index contributed by atoms with van der Waals surface area (Å²) >= 11 is 0. The smallest absolute Gasteiger partial charge is 0.207 e. The van der Waals surface area contributed by atoms with Gasteiger partial charge in [0.2, 0.25) is 6.41 Å². The molecule has 0 aliphatic carbocycles. The molecular weight excluding hydrogens is 432 g/mol. The number of rotatable bonds is 14. The summed E-state index contributed by atoms with van der Waals surface area (Å²) in [6, 6.07) is 14.0. The molecule has 184 valence electrons. The lowest BCUT2D eigenvalue weighted by Crippen LogP contribution is -2.33. The van der Waals surface area contributed by atoms with E-state index in [4.69, 9.17) is 18.9 Å². The third-order valence-electron chi connectivity index (χ3n) is 6.44. The molecule has 0 saturated heterocycles. The van der Waals surface area contributed by atoms with E-state index in [0.29, 0.717) is 35.8 Å². The second-order valence-electron chi connectivity index (χ2n) is 8.57. The molecule has 1 N–H and O–H groups in total. The van der Waals surface area contributed by atoms with Crippen LogP contribution < -0.4 is 24.3 Å². The second-order valence-corrected chi connectivity index (χ2v) is 8.57. The summed E-state index contributed by atoms with van der Waals surface area (Å²) in [6.45, 7) is 4.12. The number of nitrogens with zero attached hydrogens (tertiary/aromatic N) is 1. The van der Waals surface area contributed by atoms with Crippen molar-refractivity contribution in [1.29, 1.82) is 5.26 Å². The standard InChI is InChI=1S/C27H36N2O5/c1-19(2)27(17-28,21-10-12-24(32-4)26(16-21)34-6)13-7-8-22(29-18-30)14-20-9-11-23(31-3)25(15-20)33-5/h9-12,15-16,18-19,22H,7-8,13-14H2,1-6H3,(H,29,30). The number of carbonyl (C=O) groups excluding carboxylic acids is 1. The minimum Gasteiger partial charge on any atom is -0.493 e. The van der Waals surface area contributed by atoms with E-state index >= 15 is 0 Å². The molecule has 0 aliphatic heterocycles. The van der Waals surface area contributed by atoms with Crippen LogP contribution in [0.25, 0.3) is 0 Å². The maximum Gasteiger partial charge on any atom is 0.207 e. The van der Waals surface area contributed by atoms with Crippen LogP contribution >= 0.6 is 0 Å². The zero-order valence-electron chi connectivity index (χ0n) is 21.0. The molecule has 0 bridgehead atoms. The number of hydrogen-bond donors (Lipinski definition) is 1. The van der Waals surface area contributed by atoms with Crippen molar-refractivity contribution in [3.8, 4) is 29.1 Å². The van der Waals surface area contributed by atoms with E-state index in [2.05, 4.69) is 25.2 Å². The predicted molar refractivity (Wildman–Crippen MR) is 132 cm³/mol. The first kappa shape index (κ1) is 26.8. The van der Waals surface area contributed by atoms with E-state index in [-0.39, 0.29) is 12.0 Å². The molecule has 0 aliphatic rings. The minimum atomic E-state index is -0.686. The van der Waals surface area contributed by atoms with E-state index in [1.54, 1.807) is 28.4 Å². The minimum absolute atomic E-state index is 0.0652. The molecule has 0 spiro atoms. The molecule has 0 fully saturated rings. The van der Waals surface area contributed by atoms with Gasteiger partial charge in [0.25, 0.3) is 0 Å². The highest BCUT2D eigenvalue weighted by atomic mass is 16.5. The molecule has 2 atom stereocenters. The van der Waals surface area contributed by atoms with Crippen molar-refractivity contribution < 1.29 is 23.7 Å². The molecule has 7 heteroatoms. The van der Waals surface area contributed by atoms with Gasteiger partial charge in [-0.3, -0.25) is 4.79 Å². The Balaban J connectivity index is 2.19. The van der Waals surface area contributed by atoms with E-state index in [1.165, 1.54) is 0 Å². The van der Waals surface area contributed by atoms with Crippen LogP contribution in [-0.4, -0.2) is 40.9 Å². The van der Waals surface area contributed by atoms with E-state index < -0.39 is 5.41 Å². The summed E-state index contributed by atoms with van der Waals surface area (Å²) in [5.74, 6) is 2.64. The van der Waals surface area contributed by atoms with Crippen molar-refractivity contribution in [2.45, 2.75) is 51.0 Å². The maximum atomic E-state index is 11.3. The molecular formula is C27H36N2O5. The highest BCUT2D eigenvalue weighted by Crippen LogP contribution is 2.41. The van der Waals surface area contributed by atoms with Crippen LogP contribution in [0, 0.1) is 17.2 Å². The van der Waals surface area contributed by atoms with Crippen LogP contribution in [0.15, 0.2) is 36.4 Å². The molecule has 7 nitrogen and oxygen atoms in total. The Morgan fingerprint density at radius 2 is 1.53 bits per heavy atom. The number of carbonyl (C=O) groups is 1. The first-order chi connectivity index (χ1) is 16.4. The van der Waals surface area contributed by atoms with Gasteiger partial charge in [0.1, 0.15) is 0 Å². The van der Waals surface area contributed by atoms with Gasteiger partial charge in [-0.1, -0.05) is 26.0 Å². The van der Waals surface area contributed by atoms with Gasteiger partial charge in [0, 0.05) is 6.04 Å². The molecule has 0 saturated carbocycles.